The van der Waals surface area contributed by atoms with Crippen LogP contribution in [0.2, 0.25) is 0 Å². The second-order valence-electron chi connectivity index (χ2n) is 6.18. The van der Waals surface area contributed by atoms with Crippen molar-refractivity contribution in [2.45, 2.75) is 25.1 Å². The molecule has 128 valence electrons. The largest absolute Gasteiger partial charge is 0.373 e. The van der Waals surface area contributed by atoms with Gasteiger partial charge in [-0.3, -0.25) is 9.48 Å². The summed E-state index contributed by atoms with van der Waals surface area (Å²) in [6.07, 6.45) is 3.54. The second kappa shape index (κ2) is 7.04. The molecule has 2 unspecified atom stereocenters. The van der Waals surface area contributed by atoms with Gasteiger partial charge in [0.15, 0.2) is 0 Å². The molecule has 1 saturated heterocycles. The first kappa shape index (κ1) is 17.1. The summed E-state index contributed by atoms with van der Waals surface area (Å²) in [6.45, 7) is 3.96. The van der Waals surface area contributed by atoms with E-state index in [0.29, 0.717) is 26.2 Å². The van der Waals surface area contributed by atoms with E-state index in [0.717, 1.165) is 10.0 Å². The summed E-state index contributed by atoms with van der Waals surface area (Å²) in [6, 6.07) is 9.42. The number of hydrogen-bond donors (Lipinski definition) is 1. The van der Waals surface area contributed by atoms with Gasteiger partial charge in [0.05, 0.1) is 19.3 Å². The van der Waals surface area contributed by atoms with Crippen molar-refractivity contribution in [2.75, 3.05) is 19.7 Å². The molecule has 1 aromatic carbocycles. The van der Waals surface area contributed by atoms with Gasteiger partial charge in [-0.2, -0.15) is 5.10 Å². The summed E-state index contributed by atoms with van der Waals surface area (Å²) >= 11 is 3.40. The molecule has 7 heteroatoms. The highest BCUT2D eigenvalue weighted by Gasteiger charge is 2.36. The summed E-state index contributed by atoms with van der Waals surface area (Å²) in [5.74, 6) is -0.0846. The molecule has 0 saturated carbocycles. The minimum absolute atomic E-state index is 0.0803. The number of aromatic nitrogens is 2. The zero-order valence-corrected chi connectivity index (χ0v) is 15.1. The molecule has 1 aromatic heterocycles. The highest BCUT2D eigenvalue weighted by atomic mass is 79.9. The van der Waals surface area contributed by atoms with Crippen LogP contribution >= 0.6 is 15.9 Å². The molecule has 2 atom stereocenters. The highest BCUT2D eigenvalue weighted by molar-refractivity contribution is 9.10. The van der Waals surface area contributed by atoms with Crippen LogP contribution in [-0.2, 0) is 21.6 Å². The normalized spacial score (nSPS) is 20.6. The van der Waals surface area contributed by atoms with Gasteiger partial charge in [0.2, 0.25) is 5.91 Å². The Morgan fingerprint density at radius 3 is 2.88 bits per heavy atom. The maximum atomic E-state index is 13.0. The van der Waals surface area contributed by atoms with Crippen LogP contribution < -0.4 is 5.73 Å². The number of benzene rings is 1. The van der Waals surface area contributed by atoms with Crippen LogP contribution in [0.5, 0.6) is 0 Å². The number of morpholine rings is 1. The van der Waals surface area contributed by atoms with Crippen LogP contribution in [0.1, 0.15) is 12.5 Å². The lowest BCUT2D eigenvalue weighted by Crippen LogP contribution is -2.56. The van der Waals surface area contributed by atoms with Crippen molar-refractivity contribution in [1.82, 2.24) is 14.7 Å². The quantitative estimate of drug-likeness (QED) is 0.859. The Bertz CT molecular complexity index is 685. The molecule has 1 fully saturated rings. The van der Waals surface area contributed by atoms with Gasteiger partial charge in [0.1, 0.15) is 5.54 Å². The molecule has 6 nitrogen and oxygen atoms in total. The lowest BCUT2D eigenvalue weighted by molar-refractivity contribution is -0.145. The van der Waals surface area contributed by atoms with Gasteiger partial charge in [0.25, 0.3) is 0 Å². The Balaban J connectivity index is 1.70. The zero-order chi connectivity index (χ0) is 17.2. The third kappa shape index (κ3) is 3.68. The molecule has 0 radical (unpaired) electrons. The fourth-order valence-corrected chi connectivity index (χ4v) is 3.14. The van der Waals surface area contributed by atoms with Crippen molar-refractivity contribution >= 4 is 21.8 Å². The minimum atomic E-state index is -1.06. The summed E-state index contributed by atoms with van der Waals surface area (Å²) in [7, 11) is 0. The lowest BCUT2D eigenvalue weighted by atomic mass is 9.91. The molecular formula is C17H21BrN4O2. The van der Waals surface area contributed by atoms with E-state index in [2.05, 4.69) is 21.0 Å². The average molecular weight is 393 g/mol. The first-order valence-corrected chi connectivity index (χ1v) is 8.69. The van der Waals surface area contributed by atoms with Crippen LogP contribution in [-0.4, -0.2) is 46.4 Å². The van der Waals surface area contributed by atoms with Crippen LogP contribution in [0.3, 0.4) is 0 Å². The maximum Gasteiger partial charge on any atom is 0.247 e. The number of ether oxygens (including phenoxy) is 1. The van der Waals surface area contributed by atoms with E-state index in [4.69, 9.17) is 10.5 Å². The predicted octanol–water partition coefficient (Wildman–Crippen LogP) is 1.75. The van der Waals surface area contributed by atoms with E-state index in [-0.39, 0.29) is 12.0 Å². The summed E-state index contributed by atoms with van der Waals surface area (Å²) < 4.78 is 8.54. The smallest absolute Gasteiger partial charge is 0.247 e. The molecule has 2 heterocycles. The number of amides is 1. The Labute approximate surface area is 149 Å². The number of nitrogens with zero attached hydrogens (tertiary/aromatic N) is 3. The van der Waals surface area contributed by atoms with E-state index < -0.39 is 5.54 Å². The second-order valence-corrected chi connectivity index (χ2v) is 7.10. The van der Waals surface area contributed by atoms with Gasteiger partial charge in [0, 0.05) is 30.0 Å². The molecule has 0 aliphatic carbocycles. The molecule has 0 spiro atoms. The van der Waals surface area contributed by atoms with Crippen molar-refractivity contribution in [1.29, 1.82) is 0 Å². The van der Waals surface area contributed by atoms with Crippen molar-refractivity contribution < 1.29 is 9.53 Å². The monoisotopic (exact) mass is 392 g/mol. The minimum Gasteiger partial charge on any atom is -0.373 e. The van der Waals surface area contributed by atoms with Crippen LogP contribution in [0.4, 0.5) is 0 Å². The van der Waals surface area contributed by atoms with Crippen LogP contribution in [0.15, 0.2) is 47.2 Å². The lowest BCUT2D eigenvalue weighted by Gasteiger charge is -2.37. The SMILES string of the molecule is CC(N)(C(=O)N1CCOC(Cn2cccn2)C1)c1ccc(Br)cc1. The molecule has 0 bridgehead atoms. The standard InChI is InChI=1S/C17H21BrN4O2/c1-17(19,13-3-5-14(18)6-4-13)16(23)21-9-10-24-15(11-21)12-22-8-2-7-20-22/h2-8,15H,9-12,19H2,1H3. The summed E-state index contributed by atoms with van der Waals surface area (Å²) in [4.78, 5) is 14.8. The van der Waals surface area contributed by atoms with Gasteiger partial charge in [-0.15, -0.1) is 0 Å². The number of halogens is 1. The Kier molecular flexibility index (Phi) is 5.03. The number of rotatable bonds is 4. The Morgan fingerprint density at radius 2 is 2.21 bits per heavy atom. The summed E-state index contributed by atoms with van der Waals surface area (Å²) in [5.41, 5.74) is 6.11. The average Bonchev–Trinajstić information content (AvgIpc) is 3.08. The van der Waals surface area contributed by atoms with Crippen molar-refractivity contribution in [2.24, 2.45) is 5.73 Å². The highest BCUT2D eigenvalue weighted by Crippen LogP contribution is 2.24. The molecular weight excluding hydrogens is 372 g/mol. The van der Waals surface area contributed by atoms with E-state index in [9.17, 15) is 4.79 Å². The van der Waals surface area contributed by atoms with Crippen LogP contribution in [0, 0.1) is 0 Å². The fraction of sp³-hybridized carbons (Fsp3) is 0.412. The molecule has 2 N–H and O–H groups in total. The first-order chi connectivity index (χ1) is 11.5. The van der Waals surface area contributed by atoms with E-state index >= 15 is 0 Å². The fourth-order valence-electron chi connectivity index (χ4n) is 2.88. The Hall–Kier alpha value is -1.70. The maximum absolute atomic E-state index is 13.0. The third-order valence-corrected chi connectivity index (χ3v) is 4.79. The van der Waals surface area contributed by atoms with Gasteiger partial charge in [-0.05, 0) is 30.7 Å². The van der Waals surface area contributed by atoms with E-state index in [1.54, 1.807) is 18.0 Å². The van der Waals surface area contributed by atoms with Crippen molar-refractivity contribution in [3.05, 3.63) is 52.8 Å². The van der Waals surface area contributed by atoms with Crippen molar-refractivity contribution in [3.63, 3.8) is 0 Å². The van der Waals surface area contributed by atoms with Crippen molar-refractivity contribution in [3.8, 4) is 0 Å². The number of carbonyl (C=O) groups excluding carboxylic acids is 1. The topological polar surface area (TPSA) is 73.4 Å². The van der Waals surface area contributed by atoms with Crippen LogP contribution in [0.25, 0.3) is 0 Å². The molecule has 2 aromatic rings. The number of nitrogens with two attached hydrogens (primary N) is 1. The van der Waals surface area contributed by atoms with Gasteiger partial charge in [-0.1, -0.05) is 28.1 Å². The zero-order valence-electron chi connectivity index (χ0n) is 13.6. The predicted molar refractivity (Wildman–Crippen MR) is 94.2 cm³/mol. The molecule has 24 heavy (non-hydrogen) atoms. The third-order valence-electron chi connectivity index (χ3n) is 4.26. The Morgan fingerprint density at radius 1 is 1.46 bits per heavy atom. The van der Waals surface area contributed by atoms with Gasteiger partial charge in [-0.25, -0.2) is 0 Å². The number of carbonyl (C=O) groups is 1. The summed E-state index contributed by atoms with van der Waals surface area (Å²) in [5, 5.41) is 4.19. The van der Waals surface area contributed by atoms with E-state index in [1.165, 1.54) is 0 Å². The molecule has 1 amide bonds. The van der Waals surface area contributed by atoms with Gasteiger partial charge < -0.3 is 15.4 Å². The molecule has 1 aliphatic rings. The van der Waals surface area contributed by atoms with Gasteiger partial charge >= 0.3 is 0 Å². The van der Waals surface area contributed by atoms with E-state index in [1.807, 2.05) is 41.2 Å². The number of hydrogen-bond acceptors (Lipinski definition) is 4. The molecule has 3 rings (SSSR count). The first-order valence-electron chi connectivity index (χ1n) is 7.90. The molecule has 1 aliphatic heterocycles.